The minimum absolute atomic E-state index is 0.0682. The monoisotopic (exact) mass is 583 g/mol. The van der Waals surface area contributed by atoms with Crippen LogP contribution in [0.1, 0.15) is 59.4 Å². The molecule has 0 saturated heterocycles. The predicted octanol–water partition coefficient (Wildman–Crippen LogP) is 5.86. The topological polar surface area (TPSA) is 90.9 Å². The summed E-state index contributed by atoms with van der Waals surface area (Å²) in [4.78, 5) is 11.7. The number of halogens is 1. The summed E-state index contributed by atoms with van der Waals surface area (Å²) in [6, 6.07) is 9.63. The molecule has 1 aliphatic heterocycles. The molecule has 0 saturated carbocycles. The third kappa shape index (κ3) is 7.86. The Morgan fingerprint density at radius 2 is 1.90 bits per heavy atom. The average Bonchev–Trinajstić information content (AvgIpc) is 3.32. The van der Waals surface area contributed by atoms with Crippen LogP contribution in [0.15, 0.2) is 60.5 Å². The van der Waals surface area contributed by atoms with E-state index in [1.807, 2.05) is 32.1 Å². The number of methoxy groups -OCH3 is 1. The zero-order valence-corrected chi connectivity index (χ0v) is 24.9. The second-order valence-corrected chi connectivity index (χ2v) is 12.6. The Morgan fingerprint density at radius 1 is 1.17 bits per heavy atom. The lowest BCUT2D eigenvalue weighted by Gasteiger charge is -2.21. The minimum Gasteiger partial charge on any atom is -0.492 e. The van der Waals surface area contributed by atoms with E-state index in [9.17, 15) is 13.2 Å². The Hall–Kier alpha value is -3.43. The molecule has 1 aliphatic carbocycles. The van der Waals surface area contributed by atoms with Crippen molar-refractivity contribution in [1.82, 2.24) is 4.72 Å². The van der Waals surface area contributed by atoms with E-state index in [2.05, 4.69) is 23.4 Å². The van der Waals surface area contributed by atoms with Crippen LogP contribution in [0.25, 0.3) is 5.57 Å². The number of benzene rings is 2. The van der Waals surface area contributed by atoms with Crippen molar-refractivity contribution in [3.05, 3.63) is 88.3 Å². The molecular weight excluding hydrogens is 545 g/mol. The molecule has 9 heteroatoms. The molecule has 2 atom stereocenters. The second kappa shape index (κ2) is 13.0. The molecule has 2 aromatic carbocycles. The number of hydrogen-bond donors (Lipinski definition) is 1. The minimum atomic E-state index is -3.24. The van der Waals surface area contributed by atoms with Gasteiger partial charge in [-0.05, 0) is 79.5 Å². The first-order chi connectivity index (χ1) is 19.4. The molecule has 0 radical (unpaired) electrons. The van der Waals surface area contributed by atoms with Crippen LogP contribution in [0.5, 0.6) is 11.5 Å². The van der Waals surface area contributed by atoms with Crippen LogP contribution in [-0.2, 0) is 26.0 Å². The number of aryl methyl sites for hydroxylation is 2. The van der Waals surface area contributed by atoms with Gasteiger partial charge in [-0.3, -0.25) is 4.79 Å². The first kappa shape index (κ1) is 30.5. The van der Waals surface area contributed by atoms with Crippen LogP contribution < -0.4 is 14.2 Å². The molecule has 0 bridgehead atoms. The van der Waals surface area contributed by atoms with Crippen molar-refractivity contribution in [1.29, 1.82) is 0 Å². The number of carbonyl (C=O) groups excluding carboxylic acids is 1. The summed E-state index contributed by atoms with van der Waals surface area (Å²) in [5.41, 5.74) is 6.50. The summed E-state index contributed by atoms with van der Waals surface area (Å²) < 4.78 is 57.4. The Balaban J connectivity index is 1.46. The van der Waals surface area contributed by atoms with Gasteiger partial charge in [-0.25, -0.2) is 17.5 Å². The highest BCUT2D eigenvalue weighted by Crippen LogP contribution is 2.39. The number of carbonyl (C=O) groups is 1. The highest BCUT2D eigenvalue weighted by atomic mass is 32.2. The number of sulfonamides is 1. The fraction of sp³-hybridized carbons (Fsp3) is 0.406. The molecule has 220 valence electrons. The van der Waals surface area contributed by atoms with Crippen molar-refractivity contribution < 1.29 is 31.8 Å². The van der Waals surface area contributed by atoms with Crippen molar-refractivity contribution in [2.75, 3.05) is 26.5 Å². The summed E-state index contributed by atoms with van der Waals surface area (Å²) in [6.07, 6.45) is 6.80. The van der Waals surface area contributed by atoms with Crippen LogP contribution in [0, 0.1) is 13.8 Å². The molecule has 0 unspecified atom stereocenters. The molecule has 0 spiro atoms. The van der Waals surface area contributed by atoms with Crippen molar-refractivity contribution >= 4 is 21.6 Å². The first-order valence-electron chi connectivity index (χ1n) is 13.8. The lowest BCUT2D eigenvalue weighted by atomic mass is 9.89. The Bertz CT molecular complexity index is 1470. The van der Waals surface area contributed by atoms with Crippen LogP contribution in [0.3, 0.4) is 0 Å². The smallest absolute Gasteiger partial charge is 0.306 e. The molecule has 0 amide bonds. The second-order valence-electron chi connectivity index (χ2n) is 10.7. The molecule has 41 heavy (non-hydrogen) atoms. The highest BCUT2D eigenvalue weighted by molar-refractivity contribution is 7.88. The summed E-state index contributed by atoms with van der Waals surface area (Å²) in [6.45, 7) is 8.79. The van der Waals surface area contributed by atoms with Gasteiger partial charge in [0.2, 0.25) is 10.0 Å². The summed E-state index contributed by atoms with van der Waals surface area (Å²) in [7, 11) is -1.86. The van der Waals surface area contributed by atoms with Crippen LogP contribution in [0.4, 0.5) is 4.39 Å². The predicted molar refractivity (Wildman–Crippen MR) is 158 cm³/mol. The molecule has 1 heterocycles. The van der Waals surface area contributed by atoms with E-state index in [-0.39, 0.29) is 23.9 Å². The van der Waals surface area contributed by atoms with Gasteiger partial charge in [0.05, 0.1) is 26.4 Å². The largest absolute Gasteiger partial charge is 0.492 e. The summed E-state index contributed by atoms with van der Waals surface area (Å²) >= 11 is 0. The average molecular weight is 584 g/mol. The van der Waals surface area contributed by atoms with Gasteiger partial charge in [-0.15, -0.1) is 0 Å². The van der Waals surface area contributed by atoms with E-state index in [1.54, 1.807) is 6.07 Å². The van der Waals surface area contributed by atoms with Gasteiger partial charge in [-0.2, -0.15) is 0 Å². The van der Waals surface area contributed by atoms with E-state index in [1.165, 1.54) is 13.2 Å². The van der Waals surface area contributed by atoms with Crippen LogP contribution in [-0.4, -0.2) is 47.0 Å². The fourth-order valence-electron chi connectivity index (χ4n) is 5.54. The number of ether oxygens (including phenoxy) is 3. The van der Waals surface area contributed by atoms with E-state index >= 15 is 4.39 Å². The Morgan fingerprint density at radius 3 is 2.59 bits per heavy atom. The number of allylic oxidation sites excluding steroid dienone is 3. The van der Waals surface area contributed by atoms with E-state index in [0.717, 1.165) is 52.5 Å². The molecule has 4 rings (SSSR count). The quantitative estimate of drug-likeness (QED) is 0.372. The lowest BCUT2D eigenvalue weighted by Crippen LogP contribution is -2.24. The van der Waals surface area contributed by atoms with E-state index in [4.69, 9.17) is 14.2 Å². The zero-order chi connectivity index (χ0) is 29.7. The number of nitrogens with one attached hydrogen (secondary N) is 1. The molecule has 0 aromatic heterocycles. The SMILES string of the molecule is C=C1/C(F)=C\C=C(\c2c(C)cc(CCNS(C)(=O)=O)cc2C)CCC[C@H]1Oc1ccc2c(c1)OC[C@H]2CC(=O)OC. The lowest BCUT2D eigenvalue weighted by molar-refractivity contribution is -0.141. The van der Waals surface area contributed by atoms with E-state index < -0.39 is 22.0 Å². The Labute approximate surface area is 242 Å². The van der Waals surface area contributed by atoms with Crippen LogP contribution >= 0.6 is 0 Å². The maximum atomic E-state index is 15.3. The third-order valence-electron chi connectivity index (χ3n) is 7.51. The van der Waals surface area contributed by atoms with Gasteiger partial charge in [0.15, 0.2) is 0 Å². The first-order valence-corrected chi connectivity index (χ1v) is 15.6. The van der Waals surface area contributed by atoms with Crippen LogP contribution in [0.2, 0.25) is 0 Å². The molecule has 0 fully saturated rings. The molecule has 2 aliphatic rings. The van der Waals surface area contributed by atoms with Crippen molar-refractivity contribution in [3.63, 3.8) is 0 Å². The molecular formula is C32H38FNO6S. The maximum absolute atomic E-state index is 15.3. The van der Waals surface area contributed by atoms with Gasteiger partial charge in [0, 0.05) is 29.7 Å². The number of rotatable bonds is 9. The number of fused-ring (bicyclic) bond motifs is 1. The van der Waals surface area contributed by atoms with Gasteiger partial charge in [-0.1, -0.05) is 30.9 Å². The molecule has 2 aromatic rings. The van der Waals surface area contributed by atoms with Crippen molar-refractivity contribution in [2.45, 2.75) is 58.0 Å². The molecule has 7 nitrogen and oxygen atoms in total. The highest BCUT2D eigenvalue weighted by Gasteiger charge is 2.28. The normalized spacial score (nSPS) is 21.7. The zero-order valence-electron chi connectivity index (χ0n) is 24.1. The standard InChI is InChI=1S/C32H38FNO6S/c1-20-15-23(13-14-34-41(5,36)37)16-21(2)32(20)24-7-6-8-29(22(3)28(33)12-9-24)40-26-10-11-27-25(17-31(35)38-4)19-39-30(27)18-26/h9-12,15-16,18,25,29,34H,3,6-8,13-14,17,19H2,1-2,4-5H3/b24-9+,28-12+/t25-,29-/m1/s1. The molecule has 1 N–H and O–H groups in total. The van der Waals surface area contributed by atoms with E-state index in [0.29, 0.717) is 37.5 Å². The number of esters is 1. The van der Waals surface area contributed by atoms with Crippen molar-refractivity contribution in [3.8, 4) is 11.5 Å². The maximum Gasteiger partial charge on any atom is 0.306 e. The summed E-state index contributed by atoms with van der Waals surface area (Å²) in [5, 5.41) is 0. The van der Waals surface area contributed by atoms with Gasteiger partial charge in [0.25, 0.3) is 0 Å². The van der Waals surface area contributed by atoms with Gasteiger partial charge < -0.3 is 14.2 Å². The fourth-order valence-corrected chi connectivity index (χ4v) is 6.01. The summed E-state index contributed by atoms with van der Waals surface area (Å²) in [5.74, 6) is 0.435. The third-order valence-corrected chi connectivity index (χ3v) is 8.24. The Kier molecular flexibility index (Phi) is 9.71. The van der Waals surface area contributed by atoms with Gasteiger partial charge in [0.1, 0.15) is 23.4 Å². The van der Waals surface area contributed by atoms with Gasteiger partial charge >= 0.3 is 5.97 Å². The van der Waals surface area contributed by atoms with Crippen molar-refractivity contribution in [2.24, 2.45) is 0 Å². The number of hydrogen-bond acceptors (Lipinski definition) is 6.